The van der Waals surface area contributed by atoms with Crippen molar-refractivity contribution in [1.82, 2.24) is 0 Å². The fourth-order valence-corrected chi connectivity index (χ4v) is 0.888. The fraction of sp³-hybridized carbons (Fsp3) is 0.385. The summed E-state index contributed by atoms with van der Waals surface area (Å²) in [7, 11) is 1.35. The van der Waals surface area contributed by atoms with E-state index in [1.54, 1.807) is 0 Å². The molecule has 1 aliphatic rings. The number of ether oxygens (including phenoxy) is 3. The smallest absolute Gasteiger partial charge is 0.333 e. The number of carbonyl (C=O) groups is 2. The summed E-state index contributed by atoms with van der Waals surface area (Å²) in [5.41, 5.74) is 0.491. The molecule has 1 saturated heterocycles. The maximum Gasteiger partial charge on any atom is 0.333 e. The van der Waals surface area contributed by atoms with Gasteiger partial charge in [0, 0.05) is 18.1 Å². The maximum atomic E-state index is 10.7. The van der Waals surface area contributed by atoms with Crippen molar-refractivity contribution in [1.29, 1.82) is 0 Å². The highest BCUT2D eigenvalue weighted by molar-refractivity contribution is 5.87. The van der Waals surface area contributed by atoms with Crippen LogP contribution in [0.15, 0.2) is 37.5 Å². The van der Waals surface area contributed by atoms with Crippen LogP contribution in [-0.2, 0) is 23.8 Å². The Labute approximate surface area is 107 Å². The Morgan fingerprint density at radius 3 is 2.44 bits per heavy atom. The standard InChI is InChI=1S/C7H10O3.C6H8O2/c1-5(7(8)9-2)3-6-4-10-6;1-3-5-8-6(7)4-2/h6H,1,3-4H2,2H3;3-4H,1-2,5H2. The molecule has 1 fully saturated rings. The SMILES string of the molecule is C=C(CC1CO1)C(=O)OC.C=CCOC(=O)C=C. The molecule has 0 bridgehead atoms. The third-order valence-electron chi connectivity index (χ3n) is 1.86. The Morgan fingerprint density at radius 2 is 2.06 bits per heavy atom. The molecular formula is C13H18O5. The first-order chi connectivity index (χ1) is 8.54. The molecule has 0 N–H and O–H groups in total. The first-order valence-corrected chi connectivity index (χ1v) is 5.32. The molecule has 0 radical (unpaired) electrons. The van der Waals surface area contributed by atoms with Gasteiger partial charge in [-0.3, -0.25) is 0 Å². The van der Waals surface area contributed by atoms with Crippen molar-refractivity contribution in [3.63, 3.8) is 0 Å². The van der Waals surface area contributed by atoms with Gasteiger partial charge in [0.1, 0.15) is 6.61 Å². The molecule has 1 heterocycles. The van der Waals surface area contributed by atoms with Gasteiger partial charge < -0.3 is 14.2 Å². The molecule has 5 nitrogen and oxygen atoms in total. The number of hydrogen-bond donors (Lipinski definition) is 0. The molecule has 1 atom stereocenters. The average molecular weight is 254 g/mol. The Morgan fingerprint density at radius 1 is 1.44 bits per heavy atom. The molecule has 0 spiro atoms. The van der Waals surface area contributed by atoms with Crippen molar-refractivity contribution in [3.8, 4) is 0 Å². The molecule has 0 saturated carbocycles. The molecule has 18 heavy (non-hydrogen) atoms. The van der Waals surface area contributed by atoms with Crippen LogP contribution in [0.25, 0.3) is 0 Å². The van der Waals surface area contributed by atoms with E-state index in [2.05, 4.69) is 29.2 Å². The fourth-order valence-electron chi connectivity index (χ4n) is 0.888. The van der Waals surface area contributed by atoms with Crippen LogP contribution in [0.4, 0.5) is 0 Å². The highest BCUT2D eigenvalue weighted by atomic mass is 16.6. The van der Waals surface area contributed by atoms with Gasteiger partial charge in [-0.1, -0.05) is 25.8 Å². The second-order valence-corrected chi connectivity index (χ2v) is 3.38. The van der Waals surface area contributed by atoms with Crippen LogP contribution < -0.4 is 0 Å². The number of carbonyl (C=O) groups excluding carboxylic acids is 2. The molecule has 0 aromatic carbocycles. The predicted octanol–water partition coefficient (Wildman–Crippen LogP) is 1.41. The third kappa shape index (κ3) is 8.29. The van der Waals surface area contributed by atoms with E-state index in [4.69, 9.17) is 4.74 Å². The van der Waals surface area contributed by atoms with Crippen molar-refractivity contribution in [3.05, 3.63) is 37.5 Å². The minimum atomic E-state index is -0.412. The molecule has 1 rings (SSSR count). The van der Waals surface area contributed by atoms with Gasteiger partial charge in [-0.05, 0) is 0 Å². The van der Waals surface area contributed by atoms with Gasteiger partial charge in [-0.25, -0.2) is 9.59 Å². The highest BCUT2D eigenvalue weighted by Gasteiger charge is 2.25. The first-order valence-electron chi connectivity index (χ1n) is 5.32. The monoisotopic (exact) mass is 254 g/mol. The summed E-state index contributed by atoms with van der Waals surface area (Å²) >= 11 is 0. The minimum absolute atomic E-state index is 0.214. The van der Waals surface area contributed by atoms with Gasteiger partial charge in [-0.15, -0.1) is 0 Å². The van der Waals surface area contributed by atoms with Crippen LogP contribution >= 0.6 is 0 Å². The largest absolute Gasteiger partial charge is 0.466 e. The van der Waals surface area contributed by atoms with Gasteiger partial charge >= 0.3 is 11.9 Å². The topological polar surface area (TPSA) is 65.1 Å². The van der Waals surface area contributed by atoms with Crippen LogP contribution in [-0.4, -0.2) is 38.4 Å². The van der Waals surface area contributed by atoms with E-state index in [0.29, 0.717) is 12.0 Å². The quantitative estimate of drug-likeness (QED) is 0.310. The first kappa shape index (κ1) is 16.1. The number of rotatable bonds is 6. The summed E-state index contributed by atoms with van der Waals surface area (Å²) in [5, 5.41) is 0. The van der Waals surface area contributed by atoms with Crippen LogP contribution in [0.5, 0.6) is 0 Å². The van der Waals surface area contributed by atoms with Crippen molar-refractivity contribution >= 4 is 11.9 Å². The summed E-state index contributed by atoms with van der Waals surface area (Å²) in [5.74, 6) is -0.750. The van der Waals surface area contributed by atoms with Gasteiger partial charge in [0.05, 0.1) is 19.8 Å². The van der Waals surface area contributed by atoms with E-state index in [9.17, 15) is 9.59 Å². The van der Waals surface area contributed by atoms with Gasteiger partial charge in [0.15, 0.2) is 0 Å². The number of methoxy groups -OCH3 is 1. The zero-order chi connectivity index (χ0) is 14.0. The summed E-state index contributed by atoms with van der Waals surface area (Å²) in [6, 6.07) is 0. The molecule has 0 aromatic heterocycles. The Balaban J connectivity index is 0.000000331. The van der Waals surface area contributed by atoms with Crippen LogP contribution in [0.3, 0.4) is 0 Å². The highest BCUT2D eigenvalue weighted by Crippen LogP contribution is 2.18. The minimum Gasteiger partial charge on any atom is -0.466 e. The molecule has 0 amide bonds. The zero-order valence-corrected chi connectivity index (χ0v) is 10.5. The lowest BCUT2D eigenvalue weighted by molar-refractivity contribution is -0.137. The zero-order valence-electron chi connectivity index (χ0n) is 10.5. The van der Waals surface area contributed by atoms with Crippen molar-refractivity contribution in [2.75, 3.05) is 20.3 Å². The molecule has 0 aliphatic carbocycles. The predicted molar refractivity (Wildman–Crippen MR) is 66.9 cm³/mol. The van der Waals surface area contributed by atoms with Gasteiger partial charge in [0.2, 0.25) is 0 Å². The molecule has 5 heteroatoms. The number of hydrogen-bond acceptors (Lipinski definition) is 5. The van der Waals surface area contributed by atoms with Gasteiger partial charge in [0.25, 0.3) is 0 Å². The Bertz CT molecular complexity index is 328. The molecule has 0 aromatic rings. The maximum absolute atomic E-state index is 10.7. The Kier molecular flexibility index (Phi) is 8.22. The second-order valence-electron chi connectivity index (χ2n) is 3.38. The molecule has 1 unspecified atom stereocenters. The summed E-state index contributed by atoms with van der Waals surface area (Å²) in [4.78, 5) is 20.9. The average Bonchev–Trinajstić information content (AvgIpc) is 3.19. The Hall–Kier alpha value is -1.88. The lowest BCUT2D eigenvalue weighted by atomic mass is 10.2. The van der Waals surface area contributed by atoms with Crippen LogP contribution in [0.1, 0.15) is 6.42 Å². The normalized spacial score (nSPS) is 15.5. The van der Waals surface area contributed by atoms with Crippen LogP contribution in [0.2, 0.25) is 0 Å². The molecule has 100 valence electrons. The summed E-state index contributed by atoms with van der Waals surface area (Å²) in [6.45, 7) is 11.1. The van der Waals surface area contributed by atoms with E-state index in [1.807, 2.05) is 0 Å². The third-order valence-corrected chi connectivity index (χ3v) is 1.86. The molecular weight excluding hydrogens is 236 g/mol. The lowest BCUT2D eigenvalue weighted by Gasteiger charge is -1.98. The van der Waals surface area contributed by atoms with E-state index < -0.39 is 5.97 Å². The van der Waals surface area contributed by atoms with Crippen LogP contribution in [0, 0.1) is 0 Å². The van der Waals surface area contributed by atoms with E-state index in [1.165, 1.54) is 13.2 Å². The lowest BCUT2D eigenvalue weighted by Crippen LogP contribution is -2.05. The summed E-state index contributed by atoms with van der Waals surface area (Å²) < 4.78 is 13.8. The molecule has 1 aliphatic heterocycles. The number of esters is 2. The van der Waals surface area contributed by atoms with Gasteiger partial charge in [-0.2, -0.15) is 0 Å². The van der Waals surface area contributed by atoms with Crippen molar-refractivity contribution in [2.45, 2.75) is 12.5 Å². The van der Waals surface area contributed by atoms with E-state index >= 15 is 0 Å². The van der Waals surface area contributed by atoms with E-state index in [-0.39, 0.29) is 18.7 Å². The van der Waals surface area contributed by atoms with E-state index in [0.717, 1.165) is 12.7 Å². The second kappa shape index (κ2) is 9.18. The number of epoxide rings is 1. The van der Waals surface area contributed by atoms with Crippen molar-refractivity contribution < 1.29 is 23.8 Å². The van der Waals surface area contributed by atoms with Crippen molar-refractivity contribution in [2.24, 2.45) is 0 Å². The summed E-state index contributed by atoms with van der Waals surface area (Å²) in [6.07, 6.45) is 3.43.